The van der Waals surface area contributed by atoms with E-state index < -0.39 is 0 Å². The predicted octanol–water partition coefficient (Wildman–Crippen LogP) is 2.21. The highest BCUT2D eigenvalue weighted by Crippen LogP contribution is 2.25. The Morgan fingerprint density at radius 2 is 1.87 bits per heavy atom. The molecule has 0 fully saturated rings. The van der Waals surface area contributed by atoms with Crippen molar-refractivity contribution in [2.75, 3.05) is 5.84 Å². The van der Waals surface area contributed by atoms with Crippen LogP contribution in [0.2, 0.25) is 0 Å². The van der Waals surface area contributed by atoms with Gasteiger partial charge in [0.1, 0.15) is 0 Å². The predicted molar refractivity (Wildman–Crippen MR) is 62.1 cm³/mol. The van der Waals surface area contributed by atoms with Gasteiger partial charge in [0.25, 0.3) is 0 Å². The topological polar surface area (TPSA) is 43.8 Å². The largest absolute Gasteiger partial charge is 0.337 e. The van der Waals surface area contributed by atoms with Crippen LogP contribution < -0.4 is 5.84 Å². The van der Waals surface area contributed by atoms with Crippen LogP contribution in [0.1, 0.15) is 5.69 Å². The van der Waals surface area contributed by atoms with E-state index in [-0.39, 0.29) is 0 Å². The molecular formula is C12H11N3. The van der Waals surface area contributed by atoms with Crippen molar-refractivity contribution in [3.05, 3.63) is 42.1 Å². The van der Waals surface area contributed by atoms with E-state index >= 15 is 0 Å². The van der Waals surface area contributed by atoms with Crippen LogP contribution >= 0.6 is 0 Å². The quantitative estimate of drug-likeness (QED) is 0.561. The number of fused-ring (bicyclic) bond motifs is 3. The van der Waals surface area contributed by atoms with Crippen LogP contribution in [0.25, 0.3) is 21.9 Å². The first-order valence-corrected chi connectivity index (χ1v) is 4.89. The summed E-state index contributed by atoms with van der Waals surface area (Å²) in [5.74, 6) is 6.00. The lowest BCUT2D eigenvalue weighted by Gasteiger charge is -1.97. The SMILES string of the molecule is Cc1ccc2c3ccccc3n(N)c2n1. The van der Waals surface area contributed by atoms with E-state index in [1.54, 1.807) is 4.68 Å². The molecule has 1 aromatic carbocycles. The molecule has 0 radical (unpaired) electrons. The van der Waals surface area contributed by atoms with E-state index in [2.05, 4.69) is 17.1 Å². The minimum Gasteiger partial charge on any atom is -0.337 e. The normalized spacial score (nSPS) is 11.3. The van der Waals surface area contributed by atoms with Crippen molar-refractivity contribution in [1.29, 1.82) is 0 Å². The molecule has 0 amide bonds. The van der Waals surface area contributed by atoms with Crippen molar-refractivity contribution in [2.45, 2.75) is 6.92 Å². The van der Waals surface area contributed by atoms with E-state index in [0.29, 0.717) is 0 Å². The molecule has 0 aliphatic carbocycles. The average Bonchev–Trinajstić information content (AvgIpc) is 2.54. The third-order valence-corrected chi connectivity index (χ3v) is 2.70. The van der Waals surface area contributed by atoms with Crippen LogP contribution in [-0.2, 0) is 0 Å². The molecule has 0 atom stereocenters. The Kier molecular flexibility index (Phi) is 1.51. The van der Waals surface area contributed by atoms with Gasteiger partial charge in [-0.2, -0.15) is 0 Å². The number of aryl methyl sites for hydroxylation is 1. The first-order valence-electron chi connectivity index (χ1n) is 4.89. The minimum absolute atomic E-state index is 0.844. The number of nitrogens with two attached hydrogens (primary N) is 1. The van der Waals surface area contributed by atoms with Crippen molar-refractivity contribution in [3.8, 4) is 0 Å². The lowest BCUT2D eigenvalue weighted by atomic mass is 10.2. The molecule has 3 aromatic rings. The maximum absolute atomic E-state index is 6.00. The summed E-state index contributed by atoms with van der Waals surface area (Å²) in [7, 11) is 0. The van der Waals surface area contributed by atoms with E-state index in [0.717, 1.165) is 27.6 Å². The van der Waals surface area contributed by atoms with Crippen molar-refractivity contribution >= 4 is 21.9 Å². The molecule has 0 aliphatic rings. The van der Waals surface area contributed by atoms with Crippen molar-refractivity contribution in [3.63, 3.8) is 0 Å². The van der Waals surface area contributed by atoms with Crippen LogP contribution in [0.5, 0.6) is 0 Å². The van der Waals surface area contributed by atoms with Gasteiger partial charge in [0.05, 0.1) is 5.52 Å². The van der Waals surface area contributed by atoms with Gasteiger partial charge >= 0.3 is 0 Å². The first-order chi connectivity index (χ1) is 7.27. The molecule has 2 heterocycles. The third-order valence-electron chi connectivity index (χ3n) is 2.70. The van der Waals surface area contributed by atoms with Gasteiger partial charge in [-0.1, -0.05) is 18.2 Å². The average molecular weight is 197 g/mol. The minimum atomic E-state index is 0.844. The second kappa shape index (κ2) is 2.73. The number of aromatic nitrogens is 2. The lowest BCUT2D eigenvalue weighted by Crippen LogP contribution is -2.07. The number of nitrogens with zero attached hydrogens (tertiary/aromatic N) is 2. The molecule has 0 spiro atoms. The second-order valence-electron chi connectivity index (χ2n) is 3.71. The molecule has 0 bridgehead atoms. The molecule has 3 heteroatoms. The zero-order valence-corrected chi connectivity index (χ0v) is 8.44. The number of rotatable bonds is 0. The number of hydrogen-bond acceptors (Lipinski definition) is 2. The smallest absolute Gasteiger partial charge is 0.159 e. The van der Waals surface area contributed by atoms with Gasteiger partial charge in [0, 0.05) is 16.5 Å². The molecule has 0 saturated heterocycles. The Morgan fingerprint density at radius 3 is 2.73 bits per heavy atom. The molecule has 0 unspecified atom stereocenters. The number of pyridine rings is 1. The summed E-state index contributed by atoms with van der Waals surface area (Å²) >= 11 is 0. The molecule has 2 aromatic heterocycles. The number of benzene rings is 1. The number of nitrogen functional groups attached to an aromatic ring is 1. The fourth-order valence-electron chi connectivity index (χ4n) is 1.96. The summed E-state index contributed by atoms with van der Waals surface area (Å²) in [6.45, 7) is 1.97. The van der Waals surface area contributed by atoms with Crippen LogP contribution in [-0.4, -0.2) is 9.66 Å². The van der Waals surface area contributed by atoms with Gasteiger partial charge in [-0.3, -0.25) is 0 Å². The third kappa shape index (κ3) is 1.03. The molecule has 15 heavy (non-hydrogen) atoms. The highest BCUT2D eigenvalue weighted by atomic mass is 15.3. The fraction of sp³-hybridized carbons (Fsp3) is 0.0833. The van der Waals surface area contributed by atoms with E-state index in [1.807, 2.05) is 31.2 Å². The monoisotopic (exact) mass is 197 g/mol. The molecule has 0 aliphatic heterocycles. The zero-order chi connectivity index (χ0) is 10.4. The van der Waals surface area contributed by atoms with Crippen LogP contribution in [0.15, 0.2) is 36.4 Å². The zero-order valence-electron chi connectivity index (χ0n) is 8.44. The maximum Gasteiger partial charge on any atom is 0.159 e. The number of para-hydroxylation sites is 1. The number of hydrogen-bond donors (Lipinski definition) is 1. The van der Waals surface area contributed by atoms with Gasteiger partial charge < -0.3 is 5.84 Å². The summed E-state index contributed by atoms with van der Waals surface area (Å²) in [5.41, 5.74) is 2.85. The van der Waals surface area contributed by atoms with Gasteiger partial charge in [0.2, 0.25) is 0 Å². The van der Waals surface area contributed by atoms with E-state index in [1.165, 1.54) is 0 Å². The lowest BCUT2D eigenvalue weighted by molar-refractivity contribution is 1.07. The van der Waals surface area contributed by atoms with E-state index in [4.69, 9.17) is 5.84 Å². The van der Waals surface area contributed by atoms with Crippen molar-refractivity contribution < 1.29 is 0 Å². The Bertz CT molecular complexity index is 652. The van der Waals surface area contributed by atoms with Gasteiger partial charge in [0.15, 0.2) is 5.65 Å². The highest BCUT2D eigenvalue weighted by molar-refractivity contribution is 6.06. The molecule has 74 valence electrons. The Balaban J connectivity index is 2.63. The Labute approximate surface area is 87.1 Å². The summed E-state index contributed by atoms with van der Waals surface area (Å²) in [6, 6.07) is 12.2. The van der Waals surface area contributed by atoms with Gasteiger partial charge in [-0.15, -0.1) is 0 Å². The molecule has 2 N–H and O–H groups in total. The maximum atomic E-state index is 6.00. The standard InChI is InChI=1S/C12H11N3/c1-8-6-7-10-9-4-2-3-5-11(9)15(13)12(10)14-8/h2-7H,13H2,1H3. The molecule has 3 rings (SSSR count). The van der Waals surface area contributed by atoms with E-state index in [9.17, 15) is 0 Å². The Morgan fingerprint density at radius 1 is 1.07 bits per heavy atom. The first kappa shape index (κ1) is 8.29. The summed E-state index contributed by atoms with van der Waals surface area (Å²) in [6.07, 6.45) is 0. The highest BCUT2D eigenvalue weighted by Gasteiger charge is 2.08. The summed E-state index contributed by atoms with van der Waals surface area (Å²) < 4.78 is 1.65. The van der Waals surface area contributed by atoms with Crippen LogP contribution in [0.3, 0.4) is 0 Å². The molecular weight excluding hydrogens is 186 g/mol. The van der Waals surface area contributed by atoms with Crippen molar-refractivity contribution in [2.24, 2.45) is 0 Å². The van der Waals surface area contributed by atoms with Gasteiger partial charge in [-0.05, 0) is 25.1 Å². The van der Waals surface area contributed by atoms with Crippen molar-refractivity contribution in [1.82, 2.24) is 9.66 Å². The Hall–Kier alpha value is -2.03. The second-order valence-corrected chi connectivity index (χ2v) is 3.71. The summed E-state index contributed by atoms with van der Waals surface area (Å²) in [4.78, 5) is 4.45. The summed E-state index contributed by atoms with van der Waals surface area (Å²) in [5, 5.41) is 2.26. The van der Waals surface area contributed by atoms with Crippen LogP contribution in [0, 0.1) is 6.92 Å². The van der Waals surface area contributed by atoms with Gasteiger partial charge in [-0.25, -0.2) is 9.66 Å². The molecule has 0 saturated carbocycles. The molecule has 3 nitrogen and oxygen atoms in total. The fourth-order valence-corrected chi connectivity index (χ4v) is 1.96. The van der Waals surface area contributed by atoms with Crippen LogP contribution in [0.4, 0.5) is 0 Å².